The number of hydrogen-bond acceptors (Lipinski definition) is 7. The minimum atomic E-state index is -0.603. The maximum Gasteiger partial charge on any atom is 0.312 e. The van der Waals surface area contributed by atoms with Crippen LogP contribution in [0.25, 0.3) is 21.3 Å². The lowest BCUT2D eigenvalue weighted by molar-refractivity contribution is 0.250. The van der Waals surface area contributed by atoms with E-state index in [2.05, 4.69) is 49.6 Å². The summed E-state index contributed by atoms with van der Waals surface area (Å²) >= 11 is 1.47. The van der Waals surface area contributed by atoms with Crippen molar-refractivity contribution in [2.75, 3.05) is 11.9 Å². The Hall–Kier alpha value is -4.13. The van der Waals surface area contributed by atoms with Gasteiger partial charge in [-0.2, -0.15) is 0 Å². The molecule has 0 aliphatic carbocycles. The molecule has 5 aromatic rings. The van der Waals surface area contributed by atoms with Gasteiger partial charge in [0.05, 0.1) is 21.6 Å². The van der Waals surface area contributed by atoms with Crippen molar-refractivity contribution < 1.29 is 9.21 Å². The Kier molecular flexibility index (Phi) is 6.92. The normalized spacial score (nSPS) is 10.4. The summed E-state index contributed by atoms with van der Waals surface area (Å²) in [5.74, 6) is 7.22. The number of nitrogens with zero attached hydrogens (tertiary/aromatic N) is 3. The van der Waals surface area contributed by atoms with Gasteiger partial charge >= 0.3 is 6.03 Å². The summed E-state index contributed by atoms with van der Waals surface area (Å²) in [4.78, 5) is 24.9. The van der Waals surface area contributed by atoms with E-state index in [-0.39, 0.29) is 19.0 Å². The maximum atomic E-state index is 10.7. The van der Waals surface area contributed by atoms with Crippen molar-refractivity contribution in [1.29, 1.82) is 0 Å². The van der Waals surface area contributed by atoms with Crippen molar-refractivity contribution in [1.82, 2.24) is 20.3 Å². The highest BCUT2D eigenvalue weighted by Gasteiger charge is 2.11. The number of rotatable bonds is 5. The lowest BCUT2D eigenvalue weighted by Gasteiger charge is -2.05. The van der Waals surface area contributed by atoms with Gasteiger partial charge in [-0.15, -0.1) is 23.7 Å². The number of carbonyl (C=O) groups excluding carboxylic acids is 1. The number of halogens is 1. The summed E-state index contributed by atoms with van der Waals surface area (Å²) in [6.45, 7) is 0.184. The summed E-state index contributed by atoms with van der Waals surface area (Å²) in [6.07, 6.45) is 2.15. The van der Waals surface area contributed by atoms with Gasteiger partial charge in [0.25, 0.3) is 0 Å². The van der Waals surface area contributed by atoms with Crippen LogP contribution in [-0.4, -0.2) is 27.5 Å². The van der Waals surface area contributed by atoms with Crippen LogP contribution in [0.2, 0.25) is 0 Å². The van der Waals surface area contributed by atoms with Crippen LogP contribution < -0.4 is 16.4 Å². The van der Waals surface area contributed by atoms with E-state index in [1.54, 1.807) is 0 Å². The van der Waals surface area contributed by atoms with Crippen molar-refractivity contribution in [2.24, 2.45) is 5.73 Å². The molecule has 0 aliphatic heterocycles. The second-order valence-corrected chi connectivity index (χ2v) is 8.20. The molecule has 2 amide bonds. The molecule has 10 heteroatoms. The van der Waals surface area contributed by atoms with Crippen molar-refractivity contribution in [3.8, 4) is 11.8 Å². The monoisotopic (exact) mass is 490 g/mol. The van der Waals surface area contributed by atoms with Crippen molar-refractivity contribution in [2.45, 2.75) is 6.42 Å². The van der Waals surface area contributed by atoms with Gasteiger partial charge in [-0.1, -0.05) is 42.2 Å². The Bertz CT molecular complexity index is 1520. The van der Waals surface area contributed by atoms with Crippen LogP contribution in [0.3, 0.4) is 0 Å². The number of amides is 2. The van der Waals surface area contributed by atoms with Crippen LogP contribution in [-0.2, 0) is 6.42 Å². The zero-order chi connectivity index (χ0) is 22.6. The van der Waals surface area contributed by atoms with Crippen molar-refractivity contribution in [3.63, 3.8) is 0 Å². The Balaban J connectivity index is 0.00000274. The molecular weight excluding hydrogens is 472 g/mol. The number of thiophene rings is 1. The number of carbonyl (C=O) groups is 1. The zero-order valence-corrected chi connectivity index (χ0v) is 19.4. The molecule has 0 bridgehead atoms. The Morgan fingerprint density at radius 1 is 1.09 bits per heavy atom. The molecule has 5 rings (SSSR count). The predicted molar refractivity (Wildman–Crippen MR) is 136 cm³/mol. The molecule has 3 aromatic heterocycles. The molecule has 0 aliphatic rings. The number of anilines is 2. The third kappa shape index (κ3) is 5.26. The molecular formula is C24H19ClN6O2S. The summed E-state index contributed by atoms with van der Waals surface area (Å²) in [5, 5.41) is 5.78. The number of oxazole rings is 1. The van der Waals surface area contributed by atoms with Crippen LogP contribution >= 0.6 is 23.7 Å². The van der Waals surface area contributed by atoms with Crippen LogP contribution in [0.5, 0.6) is 0 Å². The van der Waals surface area contributed by atoms with Crippen LogP contribution in [0, 0.1) is 11.8 Å². The van der Waals surface area contributed by atoms with Gasteiger partial charge in [0.2, 0.25) is 0 Å². The summed E-state index contributed by atoms with van der Waals surface area (Å²) in [5.41, 5.74) is 9.32. The fourth-order valence-corrected chi connectivity index (χ4v) is 4.23. The molecule has 170 valence electrons. The van der Waals surface area contributed by atoms with E-state index in [1.807, 2.05) is 42.5 Å². The standard InChI is InChI=1S/C24H18N6O2S.ClH/c25-24(31)26-10-4-7-17-13-19-22(33-17)23(28-14-27-19)29-16-8-9-18-20(12-16)32-21(30-18)11-15-5-2-1-3-6-15;/h1-3,5-6,8-9,12-14H,10-11H2,(H3,25,26,31)(H,27,28,29);1H. The molecule has 0 atom stereocenters. The fourth-order valence-electron chi connectivity index (χ4n) is 3.30. The van der Waals surface area contributed by atoms with Crippen molar-refractivity contribution in [3.05, 3.63) is 77.3 Å². The van der Waals surface area contributed by atoms with Gasteiger partial charge in [0.1, 0.15) is 11.8 Å². The highest BCUT2D eigenvalue weighted by molar-refractivity contribution is 7.20. The lowest BCUT2D eigenvalue weighted by Crippen LogP contribution is -2.29. The average Bonchev–Trinajstić information content (AvgIpc) is 3.41. The van der Waals surface area contributed by atoms with E-state index in [0.29, 0.717) is 23.7 Å². The summed E-state index contributed by atoms with van der Waals surface area (Å²) in [7, 11) is 0. The second kappa shape index (κ2) is 10.2. The highest BCUT2D eigenvalue weighted by atomic mass is 35.5. The van der Waals surface area contributed by atoms with Gasteiger partial charge in [0, 0.05) is 18.2 Å². The number of primary amides is 1. The van der Waals surface area contributed by atoms with E-state index in [0.717, 1.165) is 31.9 Å². The first-order valence-corrected chi connectivity index (χ1v) is 10.9. The number of urea groups is 1. The van der Waals surface area contributed by atoms with Gasteiger partial charge < -0.3 is 20.8 Å². The third-order valence-electron chi connectivity index (χ3n) is 4.77. The van der Waals surface area contributed by atoms with Gasteiger partial charge in [-0.05, 0) is 23.8 Å². The molecule has 34 heavy (non-hydrogen) atoms. The summed E-state index contributed by atoms with van der Waals surface area (Å²) < 4.78 is 6.86. The predicted octanol–water partition coefficient (Wildman–Crippen LogP) is 4.61. The van der Waals surface area contributed by atoms with E-state index in [4.69, 9.17) is 10.2 Å². The minimum absolute atomic E-state index is 0. The maximum absolute atomic E-state index is 10.7. The molecule has 0 radical (unpaired) electrons. The lowest BCUT2D eigenvalue weighted by atomic mass is 10.1. The number of benzene rings is 2. The number of fused-ring (bicyclic) bond motifs is 2. The molecule has 0 spiro atoms. The van der Waals surface area contributed by atoms with E-state index in [9.17, 15) is 4.79 Å². The molecule has 4 N–H and O–H groups in total. The van der Waals surface area contributed by atoms with Crippen LogP contribution in [0.1, 0.15) is 16.3 Å². The summed E-state index contributed by atoms with van der Waals surface area (Å²) in [6, 6.07) is 17.2. The van der Waals surface area contributed by atoms with E-state index in [1.165, 1.54) is 17.7 Å². The molecule has 8 nitrogen and oxygen atoms in total. The molecule has 3 heterocycles. The van der Waals surface area contributed by atoms with Crippen molar-refractivity contribution >= 4 is 62.6 Å². The fraction of sp³-hybridized carbons (Fsp3) is 0.0833. The third-order valence-corrected chi connectivity index (χ3v) is 5.81. The molecule has 0 saturated heterocycles. The van der Waals surface area contributed by atoms with Crippen LogP contribution in [0.4, 0.5) is 16.3 Å². The molecule has 0 fully saturated rings. The molecule has 0 unspecified atom stereocenters. The first-order valence-electron chi connectivity index (χ1n) is 10.1. The quantitative estimate of drug-likeness (QED) is 0.309. The Morgan fingerprint density at radius 2 is 1.94 bits per heavy atom. The number of aromatic nitrogens is 3. The Labute approximate surface area is 205 Å². The van der Waals surface area contributed by atoms with Crippen LogP contribution in [0.15, 0.2) is 65.3 Å². The average molecular weight is 491 g/mol. The SMILES string of the molecule is Cl.NC(=O)NCC#Cc1cc2ncnc(Nc3ccc4nc(Cc5ccccc5)oc4c3)c2s1. The molecule has 2 aromatic carbocycles. The number of hydrogen-bond donors (Lipinski definition) is 3. The zero-order valence-electron chi connectivity index (χ0n) is 17.7. The first kappa shape index (κ1) is 23.0. The van der Waals surface area contributed by atoms with E-state index < -0.39 is 6.03 Å². The van der Waals surface area contributed by atoms with Gasteiger partial charge in [-0.25, -0.2) is 19.7 Å². The topological polar surface area (TPSA) is 119 Å². The van der Waals surface area contributed by atoms with Gasteiger partial charge in [-0.3, -0.25) is 0 Å². The van der Waals surface area contributed by atoms with E-state index >= 15 is 0 Å². The first-order chi connectivity index (χ1) is 16.1. The minimum Gasteiger partial charge on any atom is -0.440 e. The van der Waals surface area contributed by atoms with Gasteiger partial charge in [0.15, 0.2) is 17.3 Å². The second-order valence-electron chi connectivity index (χ2n) is 7.14. The largest absolute Gasteiger partial charge is 0.440 e. The molecule has 0 saturated carbocycles. The Morgan fingerprint density at radius 3 is 2.76 bits per heavy atom. The number of nitrogens with one attached hydrogen (secondary N) is 2. The number of nitrogens with two attached hydrogens (primary N) is 1. The highest BCUT2D eigenvalue weighted by Crippen LogP contribution is 2.31. The smallest absolute Gasteiger partial charge is 0.312 e.